The average Bonchev–Trinajstić information content (AvgIpc) is 3.27. The Hall–Kier alpha value is -4.21. The Balaban J connectivity index is 1.14. The molecule has 4 rings (SSSR count). The van der Waals surface area contributed by atoms with Gasteiger partial charge in [-0.1, -0.05) is 78.9 Å². The van der Waals surface area contributed by atoms with Gasteiger partial charge in [-0.05, 0) is 34.7 Å². The maximum atomic E-state index is 12.2. The van der Waals surface area contributed by atoms with Gasteiger partial charge in [0.2, 0.25) is 5.91 Å². The van der Waals surface area contributed by atoms with Crippen molar-refractivity contribution in [3.8, 4) is 11.1 Å². The standard InChI is InChI=1S/C30H32N2O7/c1-20(38-17-21-9-3-2-4-10-21)28(29(34)35)32-27(33)19-37-16-15-31-30(36)39-18-26-24-13-7-5-11-22(24)23-12-6-8-14-25(23)26/h2-14,20,26,28H,15-19H2,1H3,(H,31,36)(H,32,33)(H,34,35). The van der Waals surface area contributed by atoms with E-state index in [4.69, 9.17) is 14.2 Å². The number of carbonyl (C=O) groups excluding carboxylic acids is 2. The third-order valence-corrected chi connectivity index (χ3v) is 6.50. The second-order valence-electron chi connectivity index (χ2n) is 9.19. The van der Waals surface area contributed by atoms with Gasteiger partial charge < -0.3 is 30.0 Å². The molecule has 0 heterocycles. The zero-order valence-corrected chi connectivity index (χ0v) is 21.7. The average molecular weight is 533 g/mol. The number of carboxylic acid groups (broad SMARTS) is 1. The molecule has 3 aromatic rings. The predicted molar refractivity (Wildman–Crippen MR) is 144 cm³/mol. The summed E-state index contributed by atoms with van der Waals surface area (Å²) in [5.41, 5.74) is 5.44. The molecule has 0 radical (unpaired) electrons. The lowest BCUT2D eigenvalue weighted by Crippen LogP contribution is -2.49. The number of ether oxygens (including phenoxy) is 3. The van der Waals surface area contributed by atoms with Crippen LogP contribution in [0.4, 0.5) is 4.79 Å². The van der Waals surface area contributed by atoms with E-state index < -0.39 is 30.1 Å². The van der Waals surface area contributed by atoms with Crippen LogP contribution >= 0.6 is 0 Å². The van der Waals surface area contributed by atoms with Gasteiger partial charge in [-0.3, -0.25) is 4.79 Å². The lowest BCUT2D eigenvalue weighted by molar-refractivity contribution is -0.147. The van der Waals surface area contributed by atoms with E-state index in [1.165, 1.54) is 0 Å². The van der Waals surface area contributed by atoms with E-state index in [-0.39, 0.29) is 38.9 Å². The number of carboxylic acids is 1. The highest BCUT2D eigenvalue weighted by molar-refractivity contribution is 5.84. The monoisotopic (exact) mass is 532 g/mol. The number of fused-ring (bicyclic) bond motifs is 3. The highest BCUT2D eigenvalue weighted by Crippen LogP contribution is 2.44. The summed E-state index contributed by atoms with van der Waals surface area (Å²) in [5, 5.41) is 14.5. The topological polar surface area (TPSA) is 123 Å². The summed E-state index contributed by atoms with van der Waals surface area (Å²) < 4.78 is 16.4. The fraction of sp³-hybridized carbons (Fsp3) is 0.300. The summed E-state index contributed by atoms with van der Waals surface area (Å²) >= 11 is 0. The van der Waals surface area contributed by atoms with Gasteiger partial charge in [0.1, 0.15) is 13.2 Å². The number of alkyl carbamates (subject to hydrolysis) is 1. The number of rotatable bonds is 13. The highest BCUT2D eigenvalue weighted by atomic mass is 16.5. The van der Waals surface area contributed by atoms with Gasteiger partial charge in [-0.2, -0.15) is 0 Å². The molecule has 1 aliphatic rings. The van der Waals surface area contributed by atoms with Crippen LogP contribution in [0, 0.1) is 0 Å². The first-order chi connectivity index (χ1) is 18.9. The van der Waals surface area contributed by atoms with Crippen LogP contribution in [0.15, 0.2) is 78.9 Å². The molecular weight excluding hydrogens is 500 g/mol. The molecular formula is C30H32N2O7. The van der Waals surface area contributed by atoms with E-state index in [1.807, 2.05) is 66.7 Å². The van der Waals surface area contributed by atoms with E-state index in [0.29, 0.717) is 0 Å². The van der Waals surface area contributed by atoms with E-state index in [9.17, 15) is 19.5 Å². The molecule has 3 aromatic carbocycles. The largest absolute Gasteiger partial charge is 0.480 e. The van der Waals surface area contributed by atoms with Crippen LogP contribution in [-0.4, -0.2) is 61.6 Å². The molecule has 2 amide bonds. The van der Waals surface area contributed by atoms with Gasteiger partial charge in [-0.25, -0.2) is 9.59 Å². The molecule has 9 nitrogen and oxygen atoms in total. The van der Waals surface area contributed by atoms with Crippen molar-refractivity contribution in [3.05, 3.63) is 95.6 Å². The Labute approximate surface area is 227 Å². The maximum Gasteiger partial charge on any atom is 0.407 e. The summed E-state index contributed by atoms with van der Waals surface area (Å²) in [6, 6.07) is 24.3. The van der Waals surface area contributed by atoms with Gasteiger partial charge >= 0.3 is 12.1 Å². The fourth-order valence-electron chi connectivity index (χ4n) is 4.53. The third-order valence-electron chi connectivity index (χ3n) is 6.50. The van der Waals surface area contributed by atoms with Crippen molar-refractivity contribution < 1.29 is 33.7 Å². The van der Waals surface area contributed by atoms with Crippen LogP contribution in [0.2, 0.25) is 0 Å². The Bertz CT molecular complexity index is 1240. The molecule has 1 aliphatic carbocycles. The molecule has 0 spiro atoms. The highest BCUT2D eigenvalue weighted by Gasteiger charge is 2.29. The minimum atomic E-state index is -1.23. The first-order valence-electron chi connectivity index (χ1n) is 12.8. The maximum absolute atomic E-state index is 12.2. The molecule has 2 unspecified atom stereocenters. The normalized spacial score (nSPS) is 13.6. The first kappa shape index (κ1) is 27.8. The lowest BCUT2D eigenvalue weighted by Gasteiger charge is -2.22. The van der Waals surface area contributed by atoms with E-state index >= 15 is 0 Å². The van der Waals surface area contributed by atoms with Crippen LogP contribution in [-0.2, 0) is 30.4 Å². The molecule has 0 fully saturated rings. The molecule has 204 valence electrons. The minimum Gasteiger partial charge on any atom is -0.480 e. The molecule has 3 N–H and O–H groups in total. The molecule has 9 heteroatoms. The predicted octanol–water partition coefficient (Wildman–Crippen LogP) is 3.72. The molecule has 0 saturated heterocycles. The van der Waals surface area contributed by atoms with Gasteiger partial charge in [0.15, 0.2) is 6.04 Å². The van der Waals surface area contributed by atoms with E-state index in [2.05, 4.69) is 22.8 Å². The van der Waals surface area contributed by atoms with Crippen molar-refractivity contribution in [2.75, 3.05) is 26.4 Å². The summed E-state index contributed by atoms with van der Waals surface area (Å²) in [4.78, 5) is 36.1. The van der Waals surface area contributed by atoms with Gasteiger partial charge in [0.05, 0.1) is 19.3 Å². The minimum absolute atomic E-state index is 0.0376. The second kappa shape index (κ2) is 13.5. The SMILES string of the molecule is CC(OCc1ccccc1)C(NC(=O)COCCNC(=O)OCC1c2ccccc2-c2ccccc21)C(=O)O. The van der Waals surface area contributed by atoms with E-state index in [1.54, 1.807) is 6.92 Å². The number of aliphatic carboxylic acids is 1. The van der Waals surface area contributed by atoms with Crippen LogP contribution < -0.4 is 10.6 Å². The van der Waals surface area contributed by atoms with E-state index in [0.717, 1.165) is 27.8 Å². The quantitative estimate of drug-likeness (QED) is 0.287. The van der Waals surface area contributed by atoms with Gasteiger partial charge in [0, 0.05) is 12.5 Å². The molecule has 0 aromatic heterocycles. The van der Waals surface area contributed by atoms with Crippen LogP contribution in [0.25, 0.3) is 11.1 Å². The summed E-state index contributed by atoms with van der Waals surface area (Å²) in [6.07, 6.45) is -1.35. The Morgan fingerprint density at radius 1 is 0.897 bits per heavy atom. The summed E-state index contributed by atoms with van der Waals surface area (Å²) in [6.45, 7) is 1.82. The Morgan fingerprint density at radius 3 is 2.15 bits per heavy atom. The van der Waals surface area contributed by atoms with Crippen molar-refractivity contribution in [2.24, 2.45) is 0 Å². The molecule has 0 aliphatic heterocycles. The number of nitrogens with one attached hydrogen (secondary N) is 2. The van der Waals surface area contributed by atoms with Gasteiger partial charge in [0.25, 0.3) is 0 Å². The van der Waals surface area contributed by atoms with Crippen molar-refractivity contribution in [1.82, 2.24) is 10.6 Å². The van der Waals surface area contributed by atoms with Gasteiger partial charge in [-0.15, -0.1) is 0 Å². The fourth-order valence-corrected chi connectivity index (χ4v) is 4.53. The Kier molecular flexibility index (Phi) is 9.66. The third kappa shape index (κ3) is 7.43. The molecule has 0 bridgehead atoms. The lowest BCUT2D eigenvalue weighted by atomic mass is 9.98. The Morgan fingerprint density at radius 2 is 1.51 bits per heavy atom. The molecule has 39 heavy (non-hydrogen) atoms. The summed E-state index contributed by atoms with van der Waals surface area (Å²) in [7, 11) is 0. The number of hydrogen-bond acceptors (Lipinski definition) is 6. The molecule has 2 atom stereocenters. The van der Waals surface area contributed by atoms with Crippen molar-refractivity contribution in [3.63, 3.8) is 0 Å². The molecule has 0 saturated carbocycles. The first-order valence-corrected chi connectivity index (χ1v) is 12.8. The van der Waals surface area contributed by atoms with Crippen LogP contribution in [0.5, 0.6) is 0 Å². The number of amides is 2. The van der Waals surface area contributed by atoms with Crippen molar-refractivity contribution >= 4 is 18.0 Å². The zero-order chi connectivity index (χ0) is 27.6. The number of carbonyl (C=O) groups is 3. The number of benzene rings is 3. The second-order valence-corrected chi connectivity index (χ2v) is 9.19. The van der Waals surface area contributed by atoms with Crippen molar-refractivity contribution in [1.29, 1.82) is 0 Å². The smallest absolute Gasteiger partial charge is 0.407 e. The summed E-state index contributed by atoms with van der Waals surface area (Å²) in [5.74, 6) is -1.84. The zero-order valence-electron chi connectivity index (χ0n) is 21.7. The van der Waals surface area contributed by atoms with Crippen molar-refractivity contribution in [2.45, 2.75) is 31.6 Å². The van der Waals surface area contributed by atoms with Crippen LogP contribution in [0.1, 0.15) is 29.5 Å². The van der Waals surface area contributed by atoms with Crippen LogP contribution in [0.3, 0.4) is 0 Å². The number of hydrogen-bond donors (Lipinski definition) is 3.